The first kappa shape index (κ1) is 33.1. The van der Waals surface area contributed by atoms with Crippen LogP contribution in [0.5, 0.6) is 11.5 Å². The second-order valence-corrected chi connectivity index (χ2v) is 13.4. The van der Waals surface area contributed by atoms with E-state index in [1.54, 1.807) is 6.92 Å². The Labute approximate surface area is 261 Å². The number of carbonyl (C=O) groups is 1. The standard InChI is InChI=1S/C35H42N2O6S/c1-3-5-31(24-33(39)26-38)30-10-14-35(15-11-30)43-27-29-8-6-28(7-9-29)25-36-18-20-37(21-19-36)32-12-16-34(17-13-32)42-22-4-23-44(2,40)41/h6-17,31,38H,4,18-27H2,1-2H3/t31-/m0/s1. The molecule has 3 aromatic rings. The second-order valence-electron chi connectivity index (χ2n) is 11.1. The number of aliphatic hydroxyl groups is 1. The van der Waals surface area contributed by atoms with Crippen molar-refractivity contribution in [2.24, 2.45) is 0 Å². The Morgan fingerprint density at radius 3 is 2.11 bits per heavy atom. The lowest BCUT2D eigenvalue weighted by Crippen LogP contribution is -2.45. The van der Waals surface area contributed by atoms with Crippen molar-refractivity contribution >= 4 is 21.3 Å². The molecule has 0 amide bonds. The first-order valence-electron chi connectivity index (χ1n) is 15.0. The van der Waals surface area contributed by atoms with Gasteiger partial charge in [0.2, 0.25) is 0 Å². The van der Waals surface area contributed by atoms with Crippen LogP contribution in [0.2, 0.25) is 0 Å². The third-order valence-electron chi connectivity index (χ3n) is 7.55. The molecule has 3 aromatic carbocycles. The number of rotatable bonds is 15. The summed E-state index contributed by atoms with van der Waals surface area (Å²) in [6.07, 6.45) is 1.93. The fraction of sp³-hybridized carbons (Fsp3) is 0.400. The van der Waals surface area contributed by atoms with E-state index in [0.29, 0.717) is 19.6 Å². The quantitative estimate of drug-likeness (QED) is 0.197. The Bertz CT molecular complexity index is 1500. The van der Waals surface area contributed by atoms with E-state index in [0.717, 1.165) is 55.3 Å². The van der Waals surface area contributed by atoms with Crippen LogP contribution in [-0.4, -0.2) is 75.6 Å². The zero-order valence-corrected chi connectivity index (χ0v) is 26.4. The number of benzene rings is 3. The molecule has 8 nitrogen and oxygen atoms in total. The van der Waals surface area contributed by atoms with Gasteiger partial charge in [-0.25, -0.2) is 8.42 Å². The van der Waals surface area contributed by atoms with Crippen molar-refractivity contribution in [1.82, 2.24) is 4.90 Å². The molecular weight excluding hydrogens is 576 g/mol. The van der Waals surface area contributed by atoms with Crippen molar-refractivity contribution < 1.29 is 27.8 Å². The Hall–Kier alpha value is -3.84. The van der Waals surface area contributed by atoms with Crippen molar-refractivity contribution in [3.05, 3.63) is 89.5 Å². The van der Waals surface area contributed by atoms with E-state index >= 15 is 0 Å². The van der Waals surface area contributed by atoms with Gasteiger partial charge in [0.1, 0.15) is 34.6 Å². The molecule has 1 aliphatic heterocycles. The van der Waals surface area contributed by atoms with E-state index < -0.39 is 16.4 Å². The first-order valence-corrected chi connectivity index (χ1v) is 17.0. The summed E-state index contributed by atoms with van der Waals surface area (Å²) < 4.78 is 34.2. The molecule has 1 N–H and O–H groups in total. The van der Waals surface area contributed by atoms with Gasteiger partial charge in [-0.15, -0.1) is 5.92 Å². The molecule has 1 aliphatic rings. The number of piperazine rings is 1. The molecule has 4 rings (SSSR count). The summed E-state index contributed by atoms with van der Waals surface area (Å²) in [5.74, 6) is 7.11. The zero-order valence-electron chi connectivity index (χ0n) is 25.6. The van der Waals surface area contributed by atoms with Gasteiger partial charge in [-0.1, -0.05) is 42.3 Å². The topological polar surface area (TPSA) is 96.4 Å². The van der Waals surface area contributed by atoms with Gasteiger partial charge >= 0.3 is 0 Å². The molecule has 0 bridgehead atoms. The molecule has 1 atom stereocenters. The number of aliphatic hydroxyl groups excluding tert-OH is 1. The third kappa shape index (κ3) is 10.7. The highest BCUT2D eigenvalue weighted by molar-refractivity contribution is 7.90. The maximum atomic E-state index is 11.7. The SMILES string of the molecule is CC#C[C@@H](CC(=O)CO)c1ccc(OCc2ccc(CN3CCN(c4ccc(OCCCS(C)(=O)=O)cc4)CC3)cc2)cc1. The predicted octanol–water partition coefficient (Wildman–Crippen LogP) is 4.46. The summed E-state index contributed by atoms with van der Waals surface area (Å²) in [6.45, 7) is 6.88. The average molecular weight is 619 g/mol. The van der Waals surface area contributed by atoms with Gasteiger partial charge in [-0.3, -0.25) is 9.69 Å². The molecule has 0 unspecified atom stereocenters. The summed E-state index contributed by atoms with van der Waals surface area (Å²) >= 11 is 0. The molecule has 0 aromatic heterocycles. The van der Waals surface area contributed by atoms with Crippen molar-refractivity contribution in [2.45, 2.75) is 38.8 Å². The van der Waals surface area contributed by atoms with Crippen LogP contribution < -0.4 is 14.4 Å². The summed E-state index contributed by atoms with van der Waals surface area (Å²) in [6, 6.07) is 24.2. The summed E-state index contributed by atoms with van der Waals surface area (Å²) in [5.41, 5.74) is 4.46. The molecule has 0 aliphatic carbocycles. The molecule has 1 heterocycles. The number of sulfone groups is 1. The van der Waals surface area contributed by atoms with Crippen LogP contribution in [0.1, 0.15) is 42.4 Å². The number of nitrogens with zero attached hydrogens (tertiary/aromatic N) is 2. The largest absolute Gasteiger partial charge is 0.494 e. The summed E-state index contributed by atoms with van der Waals surface area (Å²) in [4.78, 5) is 16.5. The molecule has 44 heavy (non-hydrogen) atoms. The van der Waals surface area contributed by atoms with Crippen LogP contribution in [0.3, 0.4) is 0 Å². The maximum absolute atomic E-state index is 11.7. The lowest BCUT2D eigenvalue weighted by molar-refractivity contribution is -0.121. The minimum atomic E-state index is -2.96. The molecule has 9 heteroatoms. The Morgan fingerprint density at radius 2 is 1.50 bits per heavy atom. The number of ketones is 1. The van der Waals surface area contributed by atoms with Crippen molar-refractivity contribution in [2.75, 3.05) is 56.3 Å². The number of hydrogen-bond acceptors (Lipinski definition) is 8. The minimum Gasteiger partial charge on any atom is -0.494 e. The van der Waals surface area contributed by atoms with E-state index in [-0.39, 0.29) is 23.9 Å². The first-order chi connectivity index (χ1) is 21.2. The van der Waals surface area contributed by atoms with Crippen LogP contribution in [-0.2, 0) is 27.8 Å². The smallest absolute Gasteiger partial charge is 0.159 e. The molecule has 1 fully saturated rings. The van der Waals surface area contributed by atoms with Gasteiger partial charge < -0.3 is 19.5 Å². The zero-order chi connectivity index (χ0) is 31.4. The van der Waals surface area contributed by atoms with Gasteiger partial charge in [0.15, 0.2) is 5.78 Å². The van der Waals surface area contributed by atoms with Gasteiger partial charge in [-0.2, -0.15) is 0 Å². The lowest BCUT2D eigenvalue weighted by Gasteiger charge is -2.36. The molecule has 0 radical (unpaired) electrons. The highest BCUT2D eigenvalue weighted by Crippen LogP contribution is 2.24. The van der Waals surface area contributed by atoms with Gasteiger partial charge in [-0.05, 0) is 66.4 Å². The monoisotopic (exact) mass is 618 g/mol. The number of anilines is 1. The number of carbonyl (C=O) groups excluding carboxylic acids is 1. The number of ether oxygens (including phenoxy) is 2. The summed E-state index contributed by atoms with van der Waals surface area (Å²) in [7, 11) is -2.96. The van der Waals surface area contributed by atoms with Crippen molar-refractivity contribution in [3.8, 4) is 23.3 Å². The molecule has 1 saturated heterocycles. The maximum Gasteiger partial charge on any atom is 0.159 e. The average Bonchev–Trinajstić information content (AvgIpc) is 3.03. The highest BCUT2D eigenvalue weighted by atomic mass is 32.2. The van der Waals surface area contributed by atoms with Crippen LogP contribution in [0, 0.1) is 11.8 Å². The predicted molar refractivity (Wildman–Crippen MR) is 174 cm³/mol. The number of Topliss-reactive ketones (excluding diaryl/α,β-unsaturated/α-hetero) is 1. The van der Waals surface area contributed by atoms with Crippen molar-refractivity contribution in [3.63, 3.8) is 0 Å². The number of hydrogen-bond donors (Lipinski definition) is 1. The molecular formula is C35H42N2O6S. The van der Waals surface area contributed by atoms with Crippen molar-refractivity contribution in [1.29, 1.82) is 0 Å². The van der Waals surface area contributed by atoms with Crippen LogP contribution in [0.4, 0.5) is 5.69 Å². The Balaban J connectivity index is 1.18. The van der Waals surface area contributed by atoms with Crippen LogP contribution in [0.25, 0.3) is 0 Å². The van der Waals surface area contributed by atoms with E-state index in [2.05, 4.69) is 58.0 Å². The van der Waals surface area contributed by atoms with Crippen LogP contribution in [0.15, 0.2) is 72.8 Å². The molecule has 234 valence electrons. The second kappa shape index (κ2) is 16.3. The van der Waals surface area contributed by atoms with Gasteiger partial charge in [0.05, 0.1) is 18.3 Å². The Kier molecular flexibility index (Phi) is 12.2. The molecule has 0 spiro atoms. The highest BCUT2D eigenvalue weighted by Gasteiger charge is 2.18. The lowest BCUT2D eigenvalue weighted by atomic mass is 9.94. The fourth-order valence-electron chi connectivity index (χ4n) is 5.11. The molecule has 0 saturated carbocycles. The minimum absolute atomic E-state index is 0.139. The third-order valence-corrected chi connectivity index (χ3v) is 8.58. The van der Waals surface area contributed by atoms with Gasteiger partial charge in [0.25, 0.3) is 0 Å². The Morgan fingerprint density at radius 1 is 0.886 bits per heavy atom. The fourth-order valence-corrected chi connectivity index (χ4v) is 5.75. The van der Waals surface area contributed by atoms with E-state index in [1.165, 1.54) is 17.5 Å². The van der Waals surface area contributed by atoms with E-state index in [1.807, 2.05) is 36.4 Å². The van der Waals surface area contributed by atoms with E-state index in [9.17, 15) is 13.2 Å². The summed E-state index contributed by atoms with van der Waals surface area (Å²) in [5, 5.41) is 9.08. The van der Waals surface area contributed by atoms with E-state index in [4.69, 9.17) is 14.6 Å². The normalized spacial score (nSPS) is 14.4. The van der Waals surface area contributed by atoms with Crippen LogP contribution >= 0.6 is 0 Å². The van der Waals surface area contributed by atoms with Gasteiger partial charge in [0, 0.05) is 51.1 Å².